The van der Waals surface area contributed by atoms with Crippen LogP contribution < -0.4 is 15.4 Å². The monoisotopic (exact) mass is 462 g/mol. The van der Waals surface area contributed by atoms with Gasteiger partial charge in [0.1, 0.15) is 12.3 Å². The van der Waals surface area contributed by atoms with Crippen molar-refractivity contribution in [1.82, 2.24) is 15.5 Å². The van der Waals surface area contributed by atoms with Gasteiger partial charge in [0.15, 0.2) is 0 Å². The Hall–Kier alpha value is -3.89. The van der Waals surface area contributed by atoms with Crippen LogP contribution in [0.15, 0.2) is 47.0 Å². The van der Waals surface area contributed by atoms with E-state index in [4.69, 9.17) is 9.26 Å². The van der Waals surface area contributed by atoms with E-state index in [2.05, 4.69) is 15.5 Å². The average Bonchev–Trinajstić information content (AvgIpc) is 3.26. The molecule has 0 atom stereocenters. The number of ether oxygens (including phenoxy) is 1. The second-order valence-electron chi connectivity index (χ2n) is 7.12. The third-order valence-electron chi connectivity index (χ3n) is 4.61. The molecule has 0 saturated heterocycles. The number of carbonyl (C=O) groups is 2. The van der Waals surface area contributed by atoms with E-state index in [1.54, 1.807) is 43.6 Å². The molecule has 33 heavy (non-hydrogen) atoms. The Morgan fingerprint density at radius 3 is 2.52 bits per heavy atom. The maximum Gasteiger partial charge on any atom is 0.405 e. The van der Waals surface area contributed by atoms with E-state index in [-0.39, 0.29) is 30.2 Å². The lowest BCUT2D eigenvalue weighted by Gasteiger charge is -2.12. The van der Waals surface area contributed by atoms with E-state index in [1.165, 1.54) is 18.2 Å². The molecule has 0 aliphatic heterocycles. The fourth-order valence-electron chi connectivity index (χ4n) is 2.83. The van der Waals surface area contributed by atoms with Crippen molar-refractivity contribution in [2.24, 2.45) is 0 Å². The summed E-state index contributed by atoms with van der Waals surface area (Å²) in [5.41, 5.74) is 1.70. The number of carbonyl (C=O) groups excluding carboxylic acids is 2. The molecule has 3 aromatic rings. The summed E-state index contributed by atoms with van der Waals surface area (Å²) in [6.45, 7) is 0.260. The Morgan fingerprint density at radius 2 is 1.85 bits per heavy atom. The van der Waals surface area contributed by atoms with Crippen molar-refractivity contribution in [2.45, 2.75) is 25.9 Å². The van der Waals surface area contributed by atoms with Crippen LogP contribution in [0.5, 0.6) is 5.75 Å². The molecule has 2 amide bonds. The molecule has 1 aromatic heterocycles. The van der Waals surface area contributed by atoms with Crippen molar-refractivity contribution in [1.29, 1.82) is 0 Å². The summed E-state index contributed by atoms with van der Waals surface area (Å²) in [5.74, 6) is 0.0701. The number of amides is 2. The number of hydrogen-bond acceptors (Lipinski definition) is 6. The molecule has 11 heteroatoms. The van der Waals surface area contributed by atoms with Gasteiger partial charge in [-0.25, -0.2) is 0 Å². The van der Waals surface area contributed by atoms with Gasteiger partial charge in [0.25, 0.3) is 5.91 Å². The summed E-state index contributed by atoms with van der Waals surface area (Å²) in [6, 6.07) is 11.3. The van der Waals surface area contributed by atoms with Crippen LogP contribution >= 0.6 is 0 Å². The van der Waals surface area contributed by atoms with Crippen LogP contribution in [0.25, 0.3) is 11.4 Å². The van der Waals surface area contributed by atoms with E-state index < -0.39 is 18.6 Å². The minimum absolute atomic E-state index is 0.00110. The molecule has 0 unspecified atom stereocenters. The van der Waals surface area contributed by atoms with Crippen molar-refractivity contribution in [2.75, 3.05) is 19.0 Å². The predicted molar refractivity (Wildman–Crippen MR) is 113 cm³/mol. The first-order valence-corrected chi connectivity index (χ1v) is 9.87. The number of benzene rings is 2. The minimum atomic E-state index is -4.51. The Labute approximate surface area is 187 Å². The summed E-state index contributed by atoms with van der Waals surface area (Å²) < 4.78 is 47.2. The highest BCUT2D eigenvalue weighted by molar-refractivity contribution is 5.97. The number of halogens is 3. The average molecular weight is 462 g/mol. The van der Waals surface area contributed by atoms with Crippen LogP contribution in [0.2, 0.25) is 0 Å². The van der Waals surface area contributed by atoms with Crippen molar-refractivity contribution < 1.29 is 32.0 Å². The van der Waals surface area contributed by atoms with Gasteiger partial charge in [-0.3, -0.25) is 9.59 Å². The Morgan fingerprint density at radius 1 is 1.12 bits per heavy atom. The summed E-state index contributed by atoms with van der Waals surface area (Å²) in [5, 5.41) is 8.35. The molecule has 8 nitrogen and oxygen atoms in total. The lowest BCUT2D eigenvalue weighted by molar-refractivity contribution is -0.123. The molecule has 174 valence electrons. The molecule has 0 aliphatic rings. The van der Waals surface area contributed by atoms with Gasteiger partial charge in [-0.2, -0.15) is 18.2 Å². The number of nitrogens with one attached hydrogen (secondary N) is 2. The summed E-state index contributed by atoms with van der Waals surface area (Å²) in [6.07, 6.45) is -4.31. The zero-order valence-electron chi connectivity index (χ0n) is 17.8. The van der Waals surface area contributed by atoms with Crippen molar-refractivity contribution in [3.63, 3.8) is 0 Å². The van der Waals surface area contributed by atoms with Gasteiger partial charge in [0, 0.05) is 29.7 Å². The van der Waals surface area contributed by atoms with Crippen LogP contribution in [-0.4, -0.2) is 41.8 Å². The lowest BCUT2D eigenvalue weighted by atomic mass is 10.1. The third kappa shape index (κ3) is 6.79. The van der Waals surface area contributed by atoms with E-state index >= 15 is 0 Å². The molecule has 0 fully saturated rings. The maximum atomic E-state index is 12.4. The third-order valence-corrected chi connectivity index (χ3v) is 4.61. The number of anilines is 1. The molecular weight excluding hydrogens is 441 g/mol. The summed E-state index contributed by atoms with van der Waals surface area (Å²) in [7, 11) is 1.56. The van der Waals surface area contributed by atoms with Gasteiger partial charge in [-0.15, -0.1) is 0 Å². The van der Waals surface area contributed by atoms with Gasteiger partial charge < -0.3 is 19.9 Å². The van der Waals surface area contributed by atoms with E-state index in [9.17, 15) is 22.8 Å². The zero-order valence-corrected chi connectivity index (χ0v) is 17.8. The minimum Gasteiger partial charge on any atom is -0.497 e. The second-order valence-corrected chi connectivity index (χ2v) is 7.12. The Balaban J connectivity index is 1.57. The smallest absolute Gasteiger partial charge is 0.405 e. The topological polar surface area (TPSA) is 106 Å². The van der Waals surface area contributed by atoms with Gasteiger partial charge in [-0.05, 0) is 48.9 Å². The maximum absolute atomic E-state index is 12.4. The molecular formula is C22H21F3N4O4. The number of aryl methyl sites for hydroxylation is 2. The predicted octanol–water partition coefficient (Wildman–Crippen LogP) is 3.92. The molecule has 3 rings (SSSR count). The standard InChI is InChI=1S/C22H21F3N4O4/c1-13-3-4-15(21(31)26-12-22(23,24)25)11-17(13)27-18(30)9-10-19-28-20(29-33-19)14-5-7-16(32-2)8-6-14/h3-8,11H,9-10,12H2,1-2H3,(H,26,31)(H,27,30). The normalized spacial score (nSPS) is 11.2. The first kappa shape index (κ1) is 23.8. The van der Waals surface area contributed by atoms with Gasteiger partial charge in [0.2, 0.25) is 17.6 Å². The highest BCUT2D eigenvalue weighted by Gasteiger charge is 2.28. The van der Waals surface area contributed by atoms with Crippen LogP contribution in [-0.2, 0) is 11.2 Å². The van der Waals surface area contributed by atoms with E-state index in [0.717, 1.165) is 5.56 Å². The molecule has 0 bridgehead atoms. The number of hydrogen-bond donors (Lipinski definition) is 2. The molecule has 0 saturated carbocycles. The lowest BCUT2D eigenvalue weighted by Crippen LogP contribution is -2.33. The van der Waals surface area contributed by atoms with Crippen LogP contribution in [0.1, 0.15) is 28.2 Å². The number of aromatic nitrogens is 2. The van der Waals surface area contributed by atoms with E-state index in [1.807, 2.05) is 0 Å². The first-order chi connectivity index (χ1) is 15.6. The highest BCUT2D eigenvalue weighted by Crippen LogP contribution is 2.21. The quantitative estimate of drug-likeness (QED) is 0.526. The SMILES string of the molecule is COc1ccc(-c2noc(CCC(=O)Nc3cc(C(=O)NCC(F)(F)F)ccc3C)n2)cc1. The second kappa shape index (κ2) is 10.2. The number of nitrogens with zero attached hydrogens (tertiary/aromatic N) is 2. The Kier molecular flexibility index (Phi) is 7.31. The molecule has 0 radical (unpaired) electrons. The van der Waals surface area contributed by atoms with Crippen molar-refractivity contribution in [3.8, 4) is 17.1 Å². The zero-order chi connectivity index (χ0) is 24.0. The Bertz CT molecular complexity index is 1130. The number of rotatable bonds is 8. The van der Waals surface area contributed by atoms with E-state index in [0.29, 0.717) is 22.8 Å². The van der Waals surface area contributed by atoms with Crippen LogP contribution in [0, 0.1) is 6.92 Å². The number of alkyl halides is 3. The van der Waals surface area contributed by atoms with Gasteiger partial charge >= 0.3 is 6.18 Å². The number of methoxy groups -OCH3 is 1. The van der Waals surface area contributed by atoms with Crippen molar-refractivity contribution >= 4 is 17.5 Å². The molecule has 1 heterocycles. The van der Waals surface area contributed by atoms with Crippen LogP contribution in [0.4, 0.5) is 18.9 Å². The molecule has 0 spiro atoms. The summed E-state index contributed by atoms with van der Waals surface area (Å²) in [4.78, 5) is 28.6. The van der Waals surface area contributed by atoms with Gasteiger partial charge in [0.05, 0.1) is 7.11 Å². The largest absolute Gasteiger partial charge is 0.497 e. The van der Waals surface area contributed by atoms with Crippen LogP contribution in [0.3, 0.4) is 0 Å². The highest BCUT2D eigenvalue weighted by atomic mass is 19.4. The fraction of sp³-hybridized carbons (Fsp3) is 0.273. The molecule has 2 N–H and O–H groups in total. The van der Waals surface area contributed by atoms with Crippen molar-refractivity contribution in [3.05, 3.63) is 59.5 Å². The fourth-order valence-corrected chi connectivity index (χ4v) is 2.83. The first-order valence-electron chi connectivity index (χ1n) is 9.87. The van der Waals surface area contributed by atoms with Gasteiger partial charge in [-0.1, -0.05) is 11.2 Å². The summed E-state index contributed by atoms with van der Waals surface area (Å²) >= 11 is 0. The molecule has 0 aliphatic carbocycles. The molecule has 2 aromatic carbocycles.